The summed E-state index contributed by atoms with van der Waals surface area (Å²) in [5.41, 5.74) is 9.50. The van der Waals surface area contributed by atoms with Gasteiger partial charge < -0.3 is 10.5 Å². The van der Waals surface area contributed by atoms with Gasteiger partial charge in [0.05, 0.1) is 7.11 Å². The summed E-state index contributed by atoms with van der Waals surface area (Å²) in [5.74, 6) is 1.51. The van der Waals surface area contributed by atoms with Crippen molar-refractivity contribution in [2.45, 2.75) is 124 Å². The summed E-state index contributed by atoms with van der Waals surface area (Å²) in [6.07, 6.45) is 23.8. The average Bonchev–Trinajstić information content (AvgIpc) is 2.75. The number of unbranched alkanes of at least 4 members (excludes halogenated alkanes) is 13. The molecule has 174 valence electrons. The highest BCUT2D eigenvalue weighted by atomic mass is 16.5. The van der Waals surface area contributed by atoms with Gasteiger partial charge in [0.25, 0.3) is 0 Å². The van der Waals surface area contributed by atoms with Crippen LogP contribution in [0.5, 0.6) is 5.75 Å². The quantitative estimate of drug-likeness (QED) is 0.234. The zero-order valence-corrected chi connectivity index (χ0v) is 20.6. The summed E-state index contributed by atoms with van der Waals surface area (Å²) in [6.45, 7) is 7.21. The molecule has 0 aliphatic heterocycles. The van der Waals surface area contributed by atoms with E-state index in [4.69, 9.17) is 10.5 Å². The van der Waals surface area contributed by atoms with Gasteiger partial charge in [0.2, 0.25) is 0 Å². The maximum atomic E-state index is 6.07. The van der Waals surface area contributed by atoms with Crippen LogP contribution in [0.2, 0.25) is 0 Å². The van der Waals surface area contributed by atoms with Crippen molar-refractivity contribution in [2.24, 2.45) is 11.7 Å². The molecule has 1 atom stereocenters. The molecule has 1 aromatic rings. The number of hydrogen-bond donors (Lipinski definition) is 1. The highest BCUT2D eigenvalue weighted by Gasteiger charge is 2.14. The highest BCUT2D eigenvalue weighted by Crippen LogP contribution is 2.26. The Morgan fingerprint density at radius 3 is 1.80 bits per heavy atom. The molecule has 1 unspecified atom stereocenters. The number of pyridine rings is 1. The van der Waals surface area contributed by atoms with Crippen LogP contribution in [0.3, 0.4) is 0 Å². The van der Waals surface area contributed by atoms with Gasteiger partial charge in [-0.2, -0.15) is 0 Å². The molecule has 1 heterocycles. The monoisotopic (exact) mass is 418 g/mol. The molecule has 0 fully saturated rings. The van der Waals surface area contributed by atoms with Crippen LogP contribution in [0.1, 0.15) is 120 Å². The average molecular weight is 419 g/mol. The fourth-order valence-corrected chi connectivity index (χ4v) is 4.48. The van der Waals surface area contributed by atoms with Gasteiger partial charge in [0.15, 0.2) is 0 Å². The molecule has 1 aromatic heterocycles. The van der Waals surface area contributed by atoms with Crippen LogP contribution in [0.25, 0.3) is 0 Å². The fraction of sp³-hybridized carbons (Fsp3) is 0.815. The van der Waals surface area contributed by atoms with Crippen LogP contribution < -0.4 is 10.5 Å². The summed E-state index contributed by atoms with van der Waals surface area (Å²) in [4.78, 5) is 4.66. The molecular weight excluding hydrogens is 368 g/mol. The van der Waals surface area contributed by atoms with Crippen LogP contribution in [-0.2, 0) is 6.42 Å². The third kappa shape index (κ3) is 11.3. The summed E-state index contributed by atoms with van der Waals surface area (Å²) >= 11 is 0. The molecule has 0 bridgehead atoms. The predicted octanol–water partition coefficient (Wildman–Crippen LogP) is 7.70. The van der Waals surface area contributed by atoms with Gasteiger partial charge in [-0.3, -0.25) is 4.98 Å². The number of nitrogens with zero attached hydrogens (tertiary/aromatic N) is 1. The third-order valence-electron chi connectivity index (χ3n) is 6.53. The van der Waals surface area contributed by atoms with Gasteiger partial charge >= 0.3 is 0 Å². The third-order valence-corrected chi connectivity index (χ3v) is 6.53. The molecule has 3 nitrogen and oxygen atoms in total. The summed E-state index contributed by atoms with van der Waals surface area (Å²) in [6, 6.07) is 0. The smallest absolute Gasteiger partial charge is 0.128 e. The lowest BCUT2D eigenvalue weighted by molar-refractivity contribution is 0.404. The molecule has 30 heavy (non-hydrogen) atoms. The van der Waals surface area contributed by atoms with E-state index >= 15 is 0 Å². The second-order valence-corrected chi connectivity index (χ2v) is 9.24. The first kappa shape index (κ1) is 26.9. The van der Waals surface area contributed by atoms with E-state index in [9.17, 15) is 0 Å². The van der Waals surface area contributed by atoms with E-state index in [1.165, 1.54) is 102 Å². The number of aryl methyl sites for hydroxylation is 1. The SMILES string of the molecule is CCCCCCCCCCCCCCCCC(CN)Cc1ncc(C)c(OC)c1C. The van der Waals surface area contributed by atoms with Crippen LogP contribution >= 0.6 is 0 Å². The Bertz CT molecular complexity index is 544. The van der Waals surface area contributed by atoms with E-state index in [1.807, 2.05) is 6.20 Å². The van der Waals surface area contributed by atoms with E-state index in [-0.39, 0.29) is 0 Å². The van der Waals surface area contributed by atoms with Gasteiger partial charge in [-0.25, -0.2) is 0 Å². The molecule has 0 saturated heterocycles. The molecule has 1 rings (SSSR count). The van der Waals surface area contributed by atoms with Crippen LogP contribution in [0.4, 0.5) is 0 Å². The lowest BCUT2D eigenvalue weighted by atomic mass is 9.93. The largest absolute Gasteiger partial charge is 0.496 e. The standard InChI is InChI=1S/C27H50N2O/c1-5-6-7-8-9-10-11-12-13-14-15-16-17-18-19-25(21-28)20-26-24(3)27(30-4)23(2)22-29-26/h22,25H,5-21,28H2,1-4H3. The molecule has 0 saturated carbocycles. The number of hydrogen-bond acceptors (Lipinski definition) is 3. The van der Waals surface area contributed by atoms with Gasteiger partial charge in [-0.1, -0.05) is 96.8 Å². The Kier molecular flexibility index (Phi) is 15.8. The molecule has 3 heteroatoms. The first-order valence-electron chi connectivity index (χ1n) is 12.8. The first-order valence-corrected chi connectivity index (χ1v) is 12.8. The van der Waals surface area contributed by atoms with Crippen LogP contribution in [0.15, 0.2) is 6.20 Å². The van der Waals surface area contributed by atoms with Gasteiger partial charge in [-0.15, -0.1) is 0 Å². The zero-order chi connectivity index (χ0) is 22.0. The first-order chi connectivity index (χ1) is 14.6. The van der Waals surface area contributed by atoms with Crippen molar-refractivity contribution in [3.63, 3.8) is 0 Å². The number of rotatable bonds is 19. The lowest BCUT2D eigenvalue weighted by Crippen LogP contribution is -2.18. The van der Waals surface area contributed by atoms with Crippen molar-refractivity contribution >= 4 is 0 Å². The second kappa shape index (κ2) is 17.6. The van der Waals surface area contributed by atoms with Crippen molar-refractivity contribution in [1.29, 1.82) is 0 Å². The Morgan fingerprint density at radius 2 is 1.33 bits per heavy atom. The fourth-order valence-electron chi connectivity index (χ4n) is 4.48. The van der Waals surface area contributed by atoms with Crippen molar-refractivity contribution in [2.75, 3.05) is 13.7 Å². The zero-order valence-electron chi connectivity index (χ0n) is 20.6. The minimum Gasteiger partial charge on any atom is -0.496 e. The minimum atomic E-state index is 0.529. The van der Waals surface area contributed by atoms with E-state index in [0.717, 1.165) is 30.0 Å². The maximum absolute atomic E-state index is 6.07. The predicted molar refractivity (Wildman–Crippen MR) is 131 cm³/mol. The summed E-state index contributed by atoms with van der Waals surface area (Å²) in [7, 11) is 1.74. The molecule has 0 aliphatic carbocycles. The number of ether oxygens (including phenoxy) is 1. The Morgan fingerprint density at radius 1 is 0.833 bits per heavy atom. The normalized spacial score (nSPS) is 12.3. The molecule has 0 amide bonds. The van der Waals surface area contributed by atoms with Gasteiger partial charge in [0, 0.05) is 23.0 Å². The Balaban J connectivity index is 2.06. The van der Waals surface area contributed by atoms with E-state index in [2.05, 4.69) is 25.8 Å². The van der Waals surface area contributed by atoms with Crippen molar-refractivity contribution in [1.82, 2.24) is 4.98 Å². The Hall–Kier alpha value is -1.09. The molecular formula is C27H50N2O. The summed E-state index contributed by atoms with van der Waals surface area (Å²) < 4.78 is 5.55. The minimum absolute atomic E-state index is 0.529. The molecule has 0 aromatic carbocycles. The maximum Gasteiger partial charge on any atom is 0.128 e. The van der Waals surface area contributed by atoms with Crippen molar-refractivity contribution in [3.05, 3.63) is 23.0 Å². The van der Waals surface area contributed by atoms with Crippen molar-refractivity contribution in [3.8, 4) is 5.75 Å². The number of nitrogens with two attached hydrogens (primary N) is 1. The van der Waals surface area contributed by atoms with Crippen LogP contribution in [-0.4, -0.2) is 18.6 Å². The van der Waals surface area contributed by atoms with Crippen molar-refractivity contribution < 1.29 is 4.74 Å². The Labute approximate surface area is 187 Å². The molecule has 0 aliphatic rings. The lowest BCUT2D eigenvalue weighted by Gasteiger charge is -2.17. The van der Waals surface area contributed by atoms with Crippen LogP contribution in [0, 0.1) is 19.8 Å². The molecule has 0 radical (unpaired) electrons. The second-order valence-electron chi connectivity index (χ2n) is 9.24. The molecule has 2 N–H and O–H groups in total. The number of aromatic nitrogens is 1. The van der Waals surface area contributed by atoms with Gasteiger partial charge in [0.1, 0.15) is 5.75 Å². The van der Waals surface area contributed by atoms with E-state index in [1.54, 1.807) is 7.11 Å². The van der Waals surface area contributed by atoms with E-state index in [0.29, 0.717) is 5.92 Å². The molecule has 0 spiro atoms. The van der Waals surface area contributed by atoms with Gasteiger partial charge in [-0.05, 0) is 39.2 Å². The summed E-state index contributed by atoms with van der Waals surface area (Å²) in [5, 5.41) is 0. The highest BCUT2D eigenvalue weighted by molar-refractivity contribution is 5.41. The van der Waals surface area contributed by atoms with E-state index < -0.39 is 0 Å². The number of methoxy groups -OCH3 is 1. The topological polar surface area (TPSA) is 48.1 Å².